The van der Waals surface area contributed by atoms with Crippen molar-refractivity contribution in [3.8, 4) is 5.75 Å². The molecule has 0 fully saturated rings. The topological polar surface area (TPSA) is 108 Å². The second kappa shape index (κ2) is 14.4. The Morgan fingerprint density at radius 1 is 0.900 bits per heavy atom. The van der Waals surface area contributed by atoms with Crippen LogP contribution < -0.4 is 10.6 Å². The Kier molecular flexibility index (Phi) is 10.9. The number of nitrogens with zero attached hydrogens (tertiary/aromatic N) is 1. The van der Waals surface area contributed by atoms with E-state index in [1.807, 2.05) is 42.5 Å². The zero-order chi connectivity index (χ0) is 29.1. The van der Waals surface area contributed by atoms with E-state index in [0.717, 1.165) is 36.5 Å². The minimum absolute atomic E-state index is 0.0926. The number of nitrogens with one attached hydrogen (secondary N) is 2. The van der Waals surface area contributed by atoms with Crippen LogP contribution in [0.2, 0.25) is 0 Å². The summed E-state index contributed by atoms with van der Waals surface area (Å²) < 4.78 is 5.28. The third kappa shape index (κ3) is 9.00. The molecule has 0 radical (unpaired) electrons. The van der Waals surface area contributed by atoms with Crippen molar-refractivity contribution in [3.63, 3.8) is 0 Å². The molecule has 0 saturated heterocycles. The van der Waals surface area contributed by atoms with Crippen LogP contribution in [0.15, 0.2) is 66.7 Å². The highest BCUT2D eigenvalue weighted by Crippen LogP contribution is 2.31. The first-order valence-electron chi connectivity index (χ1n) is 13.9. The van der Waals surface area contributed by atoms with E-state index in [4.69, 9.17) is 4.74 Å². The Morgan fingerprint density at radius 3 is 2.27 bits per heavy atom. The first-order valence-corrected chi connectivity index (χ1v) is 13.9. The van der Waals surface area contributed by atoms with Crippen molar-refractivity contribution >= 4 is 34.4 Å². The molecule has 3 N–H and O–H groups in total. The van der Waals surface area contributed by atoms with E-state index in [0.29, 0.717) is 17.7 Å². The number of hydrogen-bond acceptors (Lipinski definition) is 5. The number of carbonyl (C=O) groups is 3. The van der Waals surface area contributed by atoms with Crippen LogP contribution in [0.25, 0.3) is 10.8 Å². The van der Waals surface area contributed by atoms with E-state index >= 15 is 0 Å². The smallest absolute Gasteiger partial charge is 0.408 e. The predicted octanol–water partition coefficient (Wildman–Crippen LogP) is 6.55. The quantitative estimate of drug-likeness (QED) is 0.223. The predicted molar refractivity (Wildman–Crippen MR) is 158 cm³/mol. The number of alkyl carbamates (subject to hydrolysis) is 1. The van der Waals surface area contributed by atoms with Crippen molar-refractivity contribution in [3.05, 3.63) is 72.3 Å². The van der Waals surface area contributed by atoms with Gasteiger partial charge in [0, 0.05) is 17.8 Å². The zero-order valence-electron chi connectivity index (χ0n) is 23.9. The molecule has 8 nitrogen and oxygen atoms in total. The van der Waals surface area contributed by atoms with E-state index in [-0.39, 0.29) is 18.8 Å². The fourth-order valence-electron chi connectivity index (χ4n) is 4.49. The second-order valence-electron chi connectivity index (χ2n) is 10.9. The number of hydrogen-bond donors (Lipinski definition) is 3. The van der Waals surface area contributed by atoms with Gasteiger partial charge >= 0.3 is 6.09 Å². The number of fused-ring (bicyclic) bond motifs is 1. The van der Waals surface area contributed by atoms with E-state index in [1.54, 1.807) is 39.0 Å². The standard InChI is InChI=1S/C32H41N3O5/c1-5-6-7-8-13-20-35(28(37)22-33-31(39)40-32(2,3)4)29(26-16-11-12-17-27(26)36)30(38)34-25-19-18-23-14-9-10-15-24(23)21-25/h9-12,14-19,21,29,36H,5-8,13,20,22H2,1-4H3,(H,33,39)(H,34,38). The van der Waals surface area contributed by atoms with Gasteiger partial charge in [0.25, 0.3) is 5.91 Å². The van der Waals surface area contributed by atoms with Gasteiger partial charge in [-0.05, 0) is 56.2 Å². The number of phenols is 1. The van der Waals surface area contributed by atoms with E-state index in [9.17, 15) is 19.5 Å². The Balaban J connectivity index is 1.90. The monoisotopic (exact) mass is 547 g/mol. The summed E-state index contributed by atoms with van der Waals surface area (Å²) in [5.74, 6) is -1.01. The number of phenolic OH excluding ortho intramolecular Hbond substituents is 1. The molecule has 0 spiro atoms. The van der Waals surface area contributed by atoms with Gasteiger partial charge in [0.15, 0.2) is 0 Å². The van der Waals surface area contributed by atoms with Crippen LogP contribution in [0.1, 0.15) is 71.4 Å². The molecule has 0 bridgehead atoms. The van der Waals surface area contributed by atoms with Crippen molar-refractivity contribution in [2.45, 2.75) is 71.4 Å². The fraction of sp³-hybridized carbons (Fsp3) is 0.406. The summed E-state index contributed by atoms with van der Waals surface area (Å²) in [7, 11) is 0. The summed E-state index contributed by atoms with van der Waals surface area (Å²) in [6.07, 6.45) is 4.02. The van der Waals surface area contributed by atoms with Crippen molar-refractivity contribution in [1.82, 2.24) is 10.2 Å². The van der Waals surface area contributed by atoms with Crippen molar-refractivity contribution in [1.29, 1.82) is 0 Å². The second-order valence-corrected chi connectivity index (χ2v) is 10.9. The molecule has 8 heteroatoms. The van der Waals surface area contributed by atoms with Gasteiger partial charge in [-0.2, -0.15) is 0 Å². The minimum atomic E-state index is -1.12. The minimum Gasteiger partial charge on any atom is -0.508 e. The normalized spacial score (nSPS) is 12.0. The third-order valence-corrected chi connectivity index (χ3v) is 6.41. The summed E-state index contributed by atoms with van der Waals surface area (Å²) in [6, 6.07) is 18.8. The molecular formula is C32H41N3O5. The summed E-state index contributed by atoms with van der Waals surface area (Å²) in [6.45, 7) is 7.27. The largest absolute Gasteiger partial charge is 0.508 e. The van der Waals surface area contributed by atoms with Crippen LogP contribution in [0.4, 0.5) is 10.5 Å². The molecule has 0 saturated carbocycles. The van der Waals surface area contributed by atoms with Crippen molar-refractivity contribution in [2.24, 2.45) is 0 Å². The fourth-order valence-corrected chi connectivity index (χ4v) is 4.49. The number of ether oxygens (including phenoxy) is 1. The molecular weight excluding hydrogens is 506 g/mol. The molecule has 214 valence electrons. The molecule has 3 aromatic rings. The zero-order valence-corrected chi connectivity index (χ0v) is 23.9. The van der Waals surface area contributed by atoms with E-state index in [2.05, 4.69) is 17.6 Å². The lowest BCUT2D eigenvalue weighted by atomic mass is 10.0. The van der Waals surface area contributed by atoms with E-state index in [1.165, 1.54) is 11.0 Å². The molecule has 0 aliphatic rings. The highest BCUT2D eigenvalue weighted by atomic mass is 16.6. The molecule has 3 rings (SSSR count). The van der Waals surface area contributed by atoms with Crippen molar-refractivity contribution in [2.75, 3.05) is 18.4 Å². The number of amides is 3. The van der Waals surface area contributed by atoms with Crippen LogP contribution in [0.3, 0.4) is 0 Å². The Bertz CT molecular complexity index is 1300. The van der Waals surface area contributed by atoms with Gasteiger partial charge in [-0.1, -0.05) is 81.1 Å². The molecule has 0 aromatic heterocycles. The lowest BCUT2D eigenvalue weighted by molar-refractivity contribution is -0.138. The summed E-state index contributed by atoms with van der Waals surface area (Å²) in [5.41, 5.74) is 0.163. The number of rotatable bonds is 12. The molecule has 0 aliphatic heterocycles. The summed E-state index contributed by atoms with van der Waals surface area (Å²) >= 11 is 0. The first-order chi connectivity index (χ1) is 19.1. The Morgan fingerprint density at radius 2 is 1.57 bits per heavy atom. The van der Waals surface area contributed by atoms with Gasteiger partial charge in [0.05, 0.1) is 0 Å². The van der Waals surface area contributed by atoms with Gasteiger partial charge in [0.1, 0.15) is 23.9 Å². The SMILES string of the molecule is CCCCCCCN(C(=O)CNC(=O)OC(C)(C)C)C(C(=O)Nc1ccc2ccccc2c1)c1ccccc1O. The number of aromatic hydroxyl groups is 1. The van der Waals surface area contributed by atoms with Crippen molar-refractivity contribution < 1.29 is 24.2 Å². The summed E-state index contributed by atoms with van der Waals surface area (Å²) in [4.78, 5) is 41.2. The first kappa shape index (κ1) is 30.5. The molecule has 0 heterocycles. The van der Waals surface area contributed by atoms with Gasteiger partial charge in [0.2, 0.25) is 5.91 Å². The number of benzene rings is 3. The van der Waals surface area contributed by atoms with Gasteiger partial charge in [-0.3, -0.25) is 9.59 Å². The highest BCUT2D eigenvalue weighted by molar-refractivity contribution is 6.00. The summed E-state index contributed by atoms with van der Waals surface area (Å²) in [5, 5.41) is 18.2. The highest BCUT2D eigenvalue weighted by Gasteiger charge is 2.33. The molecule has 1 atom stereocenters. The van der Waals surface area contributed by atoms with Crippen LogP contribution in [0.5, 0.6) is 5.75 Å². The lowest BCUT2D eigenvalue weighted by Crippen LogP contribution is -2.47. The number of carbonyl (C=O) groups excluding carboxylic acids is 3. The molecule has 3 aromatic carbocycles. The van der Waals surface area contributed by atoms with E-state index < -0.39 is 29.6 Å². The maximum atomic E-state index is 13.9. The Labute approximate surface area is 236 Å². The maximum absolute atomic E-state index is 13.9. The number of para-hydroxylation sites is 1. The van der Waals surface area contributed by atoms with Gasteiger partial charge in [-0.15, -0.1) is 0 Å². The van der Waals surface area contributed by atoms with Crippen LogP contribution in [-0.4, -0.2) is 46.6 Å². The molecule has 0 aliphatic carbocycles. The molecule has 3 amide bonds. The van der Waals surface area contributed by atoms with Gasteiger partial charge < -0.3 is 25.4 Å². The molecule has 40 heavy (non-hydrogen) atoms. The van der Waals surface area contributed by atoms with Gasteiger partial charge in [-0.25, -0.2) is 4.79 Å². The Hall–Kier alpha value is -4.07. The van der Waals surface area contributed by atoms with Crippen LogP contribution in [-0.2, 0) is 14.3 Å². The average molecular weight is 548 g/mol. The number of unbranched alkanes of at least 4 members (excludes halogenated alkanes) is 4. The third-order valence-electron chi connectivity index (χ3n) is 6.41. The number of anilines is 1. The van der Waals surface area contributed by atoms with Crippen LogP contribution >= 0.6 is 0 Å². The van der Waals surface area contributed by atoms with Crippen LogP contribution in [0, 0.1) is 0 Å². The lowest BCUT2D eigenvalue weighted by Gasteiger charge is -2.32. The average Bonchev–Trinajstić information content (AvgIpc) is 2.90. The molecule has 1 unspecified atom stereocenters. The maximum Gasteiger partial charge on any atom is 0.408 e.